The highest BCUT2D eigenvalue weighted by molar-refractivity contribution is 5.97. The first kappa shape index (κ1) is 33.2. The third kappa shape index (κ3) is 7.94. The van der Waals surface area contributed by atoms with Crippen molar-refractivity contribution in [3.63, 3.8) is 0 Å². The number of hydrogen-bond donors (Lipinski definition) is 1. The molecule has 44 heavy (non-hydrogen) atoms. The molecule has 0 unspecified atom stereocenters. The smallest absolute Gasteiger partial charge is 0.414 e. The van der Waals surface area contributed by atoms with Crippen LogP contribution in [0.5, 0.6) is 17.2 Å². The molecular formula is C33H40N6O5. The van der Waals surface area contributed by atoms with E-state index in [0.717, 1.165) is 11.4 Å². The van der Waals surface area contributed by atoms with Crippen LogP contribution in [0.2, 0.25) is 0 Å². The second-order valence-electron chi connectivity index (χ2n) is 10.3. The third-order valence-electron chi connectivity index (χ3n) is 6.18. The molecule has 1 heterocycles. The second-order valence-corrected chi connectivity index (χ2v) is 10.3. The fourth-order valence-electron chi connectivity index (χ4n) is 4.10. The Balaban J connectivity index is 0.00000259. The maximum Gasteiger partial charge on any atom is 0.414 e. The number of aromatic nitrogens is 2. The quantitative estimate of drug-likeness (QED) is 0.197. The average molecular weight is 601 g/mol. The number of carbonyl (C=O) groups excluding carboxylic acids is 2. The van der Waals surface area contributed by atoms with Gasteiger partial charge in [0.15, 0.2) is 11.6 Å². The molecule has 0 fully saturated rings. The fourth-order valence-corrected chi connectivity index (χ4v) is 4.10. The Hall–Kier alpha value is -5.32. The molecule has 4 aromatic rings. The number of anilines is 6. The van der Waals surface area contributed by atoms with Gasteiger partial charge in [0.25, 0.3) is 0 Å². The van der Waals surface area contributed by atoms with Gasteiger partial charge in [0, 0.05) is 25.5 Å². The number of nitrogen functional groups attached to an aromatic ring is 1. The molecule has 232 valence electrons. The van der Waals surface area contributed by atoms with Crippen molar-refractivity contribution in [3.05, 3.63) is 79.1 Å². The van der Waals surface area contributed by atoms with Gasteiger partial charge in [-0.3, -0.25) is 14.6 Å². The van der Waals surface area contributed by atoms with Crippen molar-refractivity contribution in [2.75, 3.05) is 41.6 Å². The molecule has 4 rings (SSSR count). The van der Waals surface area contributed by atoms with Crippen LogP contribution < -0.4 is 29.9 Å². The lowest BCUT2D eigenvalue weighted by molar-refractivity contribution is -0.106. The summed E-state index contributed by atoms with van der Waals surface area (Å²) in [6.07, 6.45) is 1.33. The van der Waals surface area contributed by atoms with E-state index in [-0.39, 0.29) is 11.6 Å². The zero-order valence-electron chi connectivity index (χ0n) is 26.4. The zero-order chi connectivity index (χ0) is 32.4. The first-order chi connectivity index (χ1) is 21.0. The summed E-state index contributed by atoms with van der Waals surface area (Å²) in [6, 6.07) is 21.8. The Bertz CT molecular complexity index is 1540. The minimum absolute atomic E-state index is 0.153. The van der Waals surface area contributed by atoms with Gasteiger partial charge >= 0.3 is 6.09 Å². The van der Waals surface area contributed by atoms with E-state index in [1.54, 1.807) is 58.0 Å². The predicted molar refractivity (Wildman–Crippen MR) is 175 cm³/mol. The highest BCUT2D eigenvalue weighted by Gasteiger charge is 2.26. The number of methoxy groups -OCH3 is 1. The van der Waals surface area contributed by atoms with Crippen molar-refractivity contribution in [2.24, 2.45) is 0 Å². The number of carbonyl (C=O) groups is 2. The molecule has 0 bridgehead atoms. The van der Waals surface area contributed by atoms with E-state index in [4.69, 9.17) is 19.9 Å². The fraction of sp³-hybridized carbons (Fsp3) is 0.273. The maximum absolute atomic E-state index is 12.7. The van der Waals surface area contributed by atoms with Crippen LogP contribution in [0, 0.1) is 0 Å². The first-order valence-electron chi connectivity index (χ1n) is 14.1. The topological polar surface area (TPSA) is 123 Å². The maximum atomic E-state index is 12.7. The molecule has 0 spiro atoms. The van der Waals surface area contributed by atoms with E-state index >= 15 is 0 Å². The summed E-state index contributed by atoms with van der Waals surface area (Å²) >= 11 is 0. The standard InChI is InChI=1S/C31H34N6O5.C2H6/c1-31(2,3)42-30(39)36(5)22-14-17-26(40-6)25(18-22)37(20-38)29-27(28(32)33-19-34-29)35(4)21-12-15-24(16-13-21)41-23-10-8-7-9-11-23;1-2/h7-20H,1-6H3,(H2,32,33,34);1-2H3. The molecule has 2 amide bonds. The summed E-state index contributed by atoms with van der Waals surface area (Å²) in [5, 5.41) is 0. The van der Waals surface area contributed by atoms with Crippen LogP contribution in [0.1, 0.15) is 34.6 Å². The summed E-state index contributed by atoms with van der Waals surface area (Å²) in [7, 11) is 4.86. The van der Waals surface area contributed by atoms with Gasteiger partial charge in [0.05, 0.1) is 12.8 Å². The molecule has 2 N–H and O–H groups in total. The number of ether oxygens (including phenoxy) is 3. The average Bonchev–Trinajstić information content (AvgIpc) is 3.02. The number of para-hydroxylation sites is 1. The van der Waals surface area contributed by atoms with Crippen molar-refractivity contribution in [1.29, 1.82) is 0 Å². The Morgan fingerprint density at radius 2 is 1.50 bits per heavy atom. The molecule has 0 radical (unpaired) electrons. The van der Waals surface area contributed by atoms with Gasteiger partial charge in [0.2, 0.25) is 6.41 Å². The monoisotopic (exact) mass is 600 g/mol. The van der Waals surface area contributed by atoms with Crippen LogP contribution >= 0.6 is 0 Å². The minimum Gasteiger partial charge on any atom is -0.495 e. The summed E-state index contributed by atoms with van der Waals surface area (Å²) in [4.78, 5) is 38.4. The van der Waals surface area contributed by atoms with Crippen LogP contribution in [-0.2, 0) is 9.53 Å². The number of nitrogens with two attached hydrogens (primary N) is 1. The number of nitrogens with zero attached hydrogens (tertiary/aromatic N) is 5. The molecule has 0 saturated heterocycles. The molecule has 0 saturated carbocycles. The molecule has 11 nitrogen and oxygen atoms in total. The van der Waals surface area contributed by atoms with E-state index in [9.17, 15) is 9.59 Å². The van der Waals surface area contributed by atoms with Gasteiger partial charge in [-0.15, -0.1) is 0 Å². The normalized spacial score (nSPS) is 10.5. The molecule has 0 aliphatic rings. The van der Waals surface area contributed by atoms with E-state index in [1.807, 2.05) is 68.4 Å². The molecule has 0 aliphatic carbocycles. The first-order valence-corrected chi connectivity index (χ1v) is 14.1. The van der Waals surface area contributed by atoms with Crippen molar-refractivity contribution >= 4 is 46.9 Å². The summed E-state index contributed by atoms with van der Waals surface area (Å²) in [6.45, 7) is 9.36. The Morgan fingerprint density at radius 3 is 2.09 bits per heavy atom. The van der Waals surface area contributed by atoms with Crippen molar-refractivity contribution < 1.29 is 23.8 Å². The van der Waals surface area contributed by atoms with E-state index in [0.29, 0.717) is 35.0 Å². The Labute approximate surface area is 258 Å². The predicted octanol–water partition coefficient (Wildman–Crippen LogP) is 7.32. The third-order valence-corrected chi connectivity index (χ3v) is 6.18. The van der Waals surface area contributed by atoms with Crippen LogP contribution in [0.15, 0.2) is 79.1 Å². The molecule has 0 atom stereocenters. The van der Waals surface area contributed by atoms with Gasteiger partial charge in [-0.1, -0.05) is 32.0 Å². The lowest BCUT2D eigenvalue weighted by Gasteiger charge is -2.28. The van der Waals surface area contributed by atoms with E-state index < -0.39 is 11.7 Å². The largest absolute Gasteiger partial charge is 0.495 e. The van der Waals surface area contributed by atoms with Crippen molar-refractivity contribution in [1.82, 2.24) is 9.97 Å². The molecule has 11 heteroatoms. The van der Waals surface area contributed by atoms with E-state index in [2.05, 4.69) is 9.97 Å². The van der Waals surface area contributed by atoms with Gasteiger partial charge in [-0.2, -0.15) is 0 Å². The van der Waals surface area contributed by atoms with Gasteiger partial charge in [-0.25, -0.2) is 14.8 Å². The molecule has 1 aromatic heterocycles. The van der Waals surface area contributed by atoms with Crippen LogP contribution in [0.3, 0.4) is 0 Å². The summed E-state index contributed by atoms with van der Waals surface area (Å²) in [5.74, 6) is 2.11. The zero-order valence-corrected chi connectivity index (χ0v) is 26.4. The van der Waals surface area contributed by atoms with Gasteiger partial charge < -0.3 is 24.8 Å². The molecule has 3 aromatic carbocycles. The van der Waals surface area contributed by atoms with Gasteiger partial charge in [0.1, 0.15) is 34.9 Å². The summed E-state index contributed by atoms with van der Waals surface area (Å²) in [5.41, 5.74) is 7.60. The summed E-state index contributed by atoms with van der Waals surface area (Å²) < 4.78 is 17.0. The molecular weight excluding hydrogens is 560 g/mol. The highest BCUT2D eigenvalue weighted by atomic mass is 16.6. The lowest BCUT2D eigenvalue weighted by atomic mass is 10.2. The van der Waals surface area contributed by atoms with Crippen LogP contribution in [-0.4, -0.2) is 49.3 Å². The van der Waals surface area contributed by atoms with Crippen molar-refractivity contribution in [2.45, 2.75) is 40.2 Å². The Morgan fingerprint density at radius 1 is 0.886 bits per heavy atom. The van der Waals surface area contributed by atoms with Crippen LogP contribution in [0.4, 0.5) is 39.2 Å². The van der Waals surface area contributed by atoms with Gasteiger partial charge in [-0.05, 0) is 75.4 Å². The Kier molecular flexibility index (Phi) is 11.1. The minimum atomic E-state index is -0.681. The SMILES string of the molecule is CC.COc1ccc(N(C)C(=O)OC(C)(C)C)cc1N(C=O)c1ncnc(N)c1N(C)c1ccc(Oc2ccccc2)cc1. The van der Waals surface area contributed by atoms with Crippen molar-refractivity contribution in [3.8, 4) is 17.2 Å². The van der Waals surface area contributed by atoms with E-state index in [1.165, 1.54) is 23.2 Å². The van der Waals surface area contributed by atoms with Crippen LogP contribution in [0.25, 0.3) is 0 Å². The number of rotatable bonds is 9. The molecule has 0 aliphatic heterocycles. The second kappa shape index (κ2) is 14.7. The number of benzene rings is 3. The lowest BCUT2D eigenvalue weighted by Crippen LogP contribution is -2.34. The number of amides is 2. The number of hydrogen-bond acceptors (Lipinski definition) is 9. The highest BCUT2D eigenvalue weighted by Crippen LogP contribution is 2.42.